The quantitative estimate of drug-likeness (QED) is 0.668. The largest absolute Gasteiger partial charge is 0.328 e. The fraction of sp³-hybridized carbons (Fsp3) is 1.00. The van der Waals surface area contributed by atoms with Gasteiger partial charge in [-0.2, -0.15) is 0 Å². The van der Waals surface area contributed by atoms with Crippen LogP contribution >= 0.6 is 0 Å². The molecule has 0 spiro atoms. The normalized spacial score (nSPS) is 37.2. The maximum atomic E-state index is 12.1. The van der Waals surface area contributed by atoms with E-state index in [0.717, 1.165) is 12.8 Å². The van der Waals surface area contributed by atoms with E-state index in [-0.39, 0.29) is 12.5 Å². The summed E-state index contributed by atoms with van der Waals surface area (Å²) in [4.78, 5) is 0. The van der Waals surface area contributed by atoms with Crippen molar-refractivity contribution in [3.8, 4) is 0 Å². The molecule has 12 heavy (non-hydrogen) atoms. The Balaban J connectivity index is 2.39. The molecule has 0 bridgehead atoms. The first-order valence-electron chi connectivity index (χ1n) is 4.34. The molecule has 0 aromatic carbocycles. The molecule has 4 heteroatoms. The van der Waals surface area contributed by atoms with Gasteiger partial charge >= 0.3 is 0 Å². The minimum Gasteiger partial charge on any atom is -0.328 e. The molecule has 1 aliphatic carbocycles. The molecule has 1 rings (SSSR count). The van der Waals surface area contributed by atoms with Crippen molar-refractivity contribution < 1.29 is 8.78 Å². The number of halogens is 2. The summed E-state index contributed by atoms with van der Waals surface area (Å²) in [5.41, 5.74) is 10.8. The average Bonchev–Trinajstić information content (AvgIpc) is 1.94. The first-order valence-corrected chi connectivity index (χ1v) is 4.34. The maximum Gasteiger partial charge on any atom is 0.240 e. The van der Waals surface area contributed by atoms with E-state index >= 15 is 0 Å². The highest BCUT2D eigenvalue weighted by Gasteiger charge is 2.32. The minimum atomic E-state index is -2.29. The first kappa shape index (κ1) is 9.86. The molecule has 0 saturated heterocycles. The third-order valence-electron chi connectivity index (χ3n) is 2.59. The van der Waals surface area contributed by atoms with Crippen molar-refractivity contribution in [2.24, 2.45) is 11.5 Å². The average molecular weight is 178 g/mol. The highest BCUT2D eigenvalue weighted by Crippen LogP contribution is 2.30. The molecule has 1 fully saturated rings. The molecule has 72 valence electrons. The van der Waals surface area contributed by atoms with Gasteiger partial charge in [0.1, 0.15) is 0 Å². The lowest BCUT2D eigenvalue weighted by atomic mass is 9.78. The minimum absolute atomic E-state index is 0.166. The van der Waals surface area contributed by atoms with Gasteiger partial charge in [0.15, 0.2) is 0 Å². The van der Waals surface area contributed by atoms with E-state index in [1.54, 1.807) is 0 Å². The topological polar surface area (TPSA) is 52.0 Å². The van der Waals surface area contributed by atoms with Crippen LogP contribution in [0.2, 0.25) is 0 Å². The lowest BCUT2D eigenvalue weighted by molar-refractivity contribution is 0.0881. The third kappa shape index (κ3) is 2.68. The second-order valence-corrected chi connectivity index (χ2v) is 3.80. The Labute approximate surface area is 71.3 Å². The molecular formula is C8H16F2N2. The molecule has 1 saturated carbocycles. The molecule has 4 N–H and O–H groups in total. The fourth-order valence-electron chi connectivity index (χ4n) is 1.73. The van der Waals surface area contributed by atoms with E-state index in [1.165, 1.54) is 0 Å². The summed E-state index contributed by atoms with van der Waals surface area (Å²) in [6, 6.07) is 0.166. The Morgan fingerprint density at radius 1 is 1.33 bits per heavy atom. The van der Waals surface area contributed by atoms with Gasteiger partial charge in [-0.3, -0.25) is 0 Å². The standard InChI is InChI=1S/C8H16F2N2/c9-7(10)5-8(12)3-1-6(11)2-4-8/h6-7H,1-5,11-12H2. The molecule has 0 aliphatic heterocycles. The molecule has 0 atom stereocenters. The number of hydrogen-bond acceptors (Lipinski definition) is 2. The van der Waals surface area contributed by atoms with E-state index in [1.807, 2.05) is 0 Å². The second-order valence-electron chi connectivity index (χ2n) is 3.80. The van der Waals surface area contributed by atoms with Crippen LogP contribution in [0.5, 0.6) is 0 Å². The summed E-state index contributed by atoms with van der Waals surface area (Å²) < 4.78 is 24.1. The Hall–Kier alpha value is -0.220. The summed E-state index contributed by atoms with van der Waals surface area (Å²) >= 11 is 0. The molecule has 0 heterocycles. The number of nitrogens with two attached hydrogens (primary N) is 2. The zero-order valence-electron chi connectivity index (χ0n) is 7.10. The van der Waals surface area contributed by atoms with Gasteiger partial charge in [0.05, 0.1) is 0 Å². The van der Waals surface area contributed by atoms with Gasteiger partial charge in [0.25, 0.3) is 0 Å². The predicted molar refractivity (Wildman–Crippen MR) is 44.0 cm³/mol. The lowest BCUT2D eigenvalue weighted by Crippen LogP contribution is -2.47. The van der Waals surface area contributed by atoms with Crippen molar-refractivity contribution in [3.05, 3.63) is 0 Å². The Bertz CT molecular complexity index is 142. The van der Waals surface area contributed by atoms with Crippen LogP contribution in [0.1, 0.15) is 32.1 Å². The monoisotopic (exact) mass is 178 g/mol. The number of hydrogen-bond donors (Lipinski definition) is 2. The van der Waals surface area contributed by atoms with Crippen LogP contribution in [-0.2, 0) is 0 Å². The summed E-state index contributed by atoms with van der Waals surface area (Å²) in [5, 5.41) is 0. The van der Waals surface area contributed by atoms with Gasteiger partial charge in [-0.05, 0) is 25.7 Å². The van der Waals surface area contributed by atoms with Gasteiger partial charge in [-0.25, -0.2) is 8.78 Å². The van der Waals surface area contributed by atoms with Gasteiger partial charge < -0.3 is 11.5 Å². The predicted octanol–water partition coefficient (Wildman–Crippen LogP) is 1.24. The zero-order chi connectivity index (χ0) is 9.19. The molecule has 2 nitrogen and oxygen atoms in total. The summed E-state index contributed by atoms with van der Waals surface area (Å²) in [6.45, 7) is 0. The van der Waals surface area contributed by atoms with Gasteiger partial charge in [0.2, 0.25) is 6.43 Å². The Morgan fingerprint density at radius 3 is 2.25 bits per heavy atom. The lowest BCUT2D eigenvalue weighted by Gasteiger charge is -2.35. The van der Waals surface area contributed by atoms with E-state index in [0.29, 0.717) is 12.8 Å². The van der Waals surface area contributed by atoms with Crippen LogP contribution in [0.3, 0.4) is 0 Å². The molecular weight excluding hydrogens is 162 g/mol. The van der Waals surface area contributed by atoms with Crippen molar-refractivity contribution in [3.63, 3.8) is 0 Å². The van der Waals surface area contributed by atoms with Crippen molar-refractivity contribution in [2.75, 3.05) is 0 Å². The van der Waals surface area contributed by atoms with E-state index in [9.17, 15) is 8.78 Å². The van der Waals surface area contributed by atoms with Crippen LogP contribution in [0.4, 0.5) is 8.78 Å². The third-order valence-corrected chi connectivity index (χ3v) is 2.59. The zero-order valence-corrected chi connectivity index (χ0v) is 7.10. The van der Waals surface area contributed by atoms with Gasteiger partial charge in [-0.15, -0.1) is 0 Å². The van der Waals surface area contributed by atoms with Gasteiger partial charge in [-0.1, -0.05) is 0 Å². The van der Waals surface area contributed by atoms with Crippen LogP contribution in [0, 0.1) is 0 Å². The van der Waals surface area contributed by atoms with Crippen LogP contribution < -0.4 is 11.5 Å². The highest BCUT2D eigenvalue weighted by atomic mass is 19.3. The first-order chi connectivity index (χ1) is 5.52. The van der Waals surface area contributed by atoms with E-state index in [2.05, 4.69) is 0 Å². The SMILES string of the molecule is NC1CCC(N)(CC(F)F)CC1. The maximum absolute atomic E-state index is 12.1. The van der Waals surface area contributed by atoms with Crippen LogP contribution in [0.25, 0.3) is 0 Å². The van der Waals surface area contributed by atoms with Crippen molar-refractivity contribution in [1.29, 1.82) is 0 Å². The summed E-state index contributed by atoms with van der Waals surface area (Å²) in [5.74, 6) is 0. The van der Waals surface area contributed by atoms with Gasteiger partial charge in [0, 0.05) is 18.0 Å². The van der Waals surface area contributed by atoms with E-state index in [4.69, 9.17) is 11.5 Å². The molecule has 0 aromatic rings. The molecule has 0 unspecified atom stereocenters. The second kappa shape index (κ2) is 3.66. The molecule has 1 aliphatic rings. The Morgan fingerprint density at radius 2 is 1.83 bits per heavy atom. The van der Waals surface area contributed by atoms with Crippen molar-refractivity contribution >= 4 is 0 Å². The fourth-order valence-corrected chi connectivity index (χ4v) is 1.73. The van der Waals surface area contributed by atoms with E-state index < -0.39 is 12.0 Å². The smallest absolute Gasteiger partial charge is 0.240 e. The van der Waals surface area contributed by atoms with Crippen LogP contribution in [-0.4, -0.2) is 18.0 Å². The van der Waals surface area contributed by atoms with Crippen LogP contribution in [0.15, 0.2) is 0 Å². The highest BCUT2D eigenvalue weighted by molar-refractivity contribution is 4.91. The summed E-state index contributed by atoms with van der Waals surface area (Å²) in [7, 11) is 0. The Kier molecular flexibility index (Phi) is 3.01. The number of rotatable bonds is 2. The van der Waals surface area contributed by atoms with Crippen molar-refractivity contribution in [1.82, 2.24) is 0 Å². The molecule has 0 aromatic heterocycles. The molecule has 0 amide bonds. The molecule has 0 radical (unpaired) electrons. The van der Waals surface area contributed by atoms with Crippen molar-refractivity contribution in [2.45, 2.75) is 50.1 Å². The summed E-state index contributed by atoms with van der Waals surface area (Å²) in [6.07, 6.45) is 0.368. The number of alkyl halides is 2.